The second-order valence-electron chi connectivity index (χ2n) is 4.32. The van der Waals surface area contributed by atoms with Crippen LogP contribution in [0.2, 0.25) is 0 Å². The third-order valence-electron chi connectivity index (χ3n) is 3.24. The maximum atomic E-state index is 11.8. The van der Waals surface area contributed by atoms with E-state index in [1.165, 1.54) is 7.11 Å². The average Bonchev–Trinajstić information content (AvgIpc) is 2.29. The lowest BCUT2D eigenvalue weighted by Crippen LogP contribution is -2.43. The normalized spacial score (nSPS) is 30.3. The molecule has 0 radical (unpaired) electrons. The van der Waals surface area contributed by atoms with Crippen molar-refractivity contribution in [1.82, 2.24) is 0 Å². The van der Waals surface area contributed by atoms with Gasteiger partial charge in [-0.2, -0.15) is 0 Å². The third kappa shape index (κ3) is 2.31. The van der Waals surface area contributed by atoms with Crippen LogP contribution in [0.15, 0.2) is 0 Å². The van der Waals surface area contributed by atoms with Crippen molar-refractivity contribution in [2.45, 2.75) is 33.1 Å². The first-order valence-electron chi connectivity index (χ1n) is 5.68. The van der Waals surface area contributed by atoms with E-state index < -0.39 is 17.8 Å². The van der Waals surface area contributed by atoms with Crippen molar-refractivity contribution in [3.05, 3.63) is 0 Å². The highest BCUT2D eigenvalue weighted by molar-refractivity contribution is 6.12. The molecule has 0 aromatic rings. The van der Waals surface area contributed by atoms with Gasteiger partial charge in [-0.05, 0) is 19.8 Å². The summed E-state index contributed by atoms with van der Waals surface area (Å²) in [6, 6.07) is 0. The van der Waals surface area contributed by atoms with Crippen LogP contribution >= 0.6 is 0 Å². The zero-order chi connectivity index (χ0) is 12.3. The molecule has 4 nitrogen and oxygen atoms in total. The van der Waals surface area contributed by atoms with Crippen molar-refractivity contribution >= 4 is 17.5 Å². The molecule has 0 bridgehead atoms. The smallest absolute Gasteiger partial charge is 0.316 e. The molecular formula is C12H18O4. The summed E-state index contributed by atoms with van der Waals surface area (Å²) in [7, 11) is 1.27. The SMILES string of the molecule is CCCC1CC(C(=O)OC)C(=O)C(C)C1=O. The van der Waals surface area contributed by atoms with Crippen molar-refractivity contribution in [3.63, 3.8) is 0 Å². The van der Waals surface area contributed by atoms with E-state index >= 15 is 0 Å². The Balaban J connectivity index is 2.85. The lowest BCUT2D eigenvalue weighted by Gasteiger charge is -2.29. The van der Waals surface area contributed by atoms with Gasteiger partial charge in [0.15, 0.2) is 5.78 Å². The molecule has 1 rings (SSSR count). The summed E-state index contributed by atoms with van der Waals surface area (Å²) in [5.74, 6) is -2.38. The van der Waals surface area contributed by atoms with Gasteiger partial charge in [-0.1, -0.05) is 13.3 Å². The summed E-state index contributed by atoms with van der Waals surface area (Å²) in [5.41, 5.74) is 0. The Hall–Kier alpha value is -1.19. The minimum Gasteiger partial charge on any atom is -0.468 e. The van der Waals surface area contributed by atoms with Crippen LogP contribution in [0.1, 0.15) is 33.1 Å². The third-order valence-corrected chi connectivity index (χ3v) is 3.24. The lowest BCUT2D eigenvalue weighted by atomic mass is 9.72. The average molecular weight is 226 g/mol. The van der Waals surface area contributed by atoms with Crippen LogP contribution in [-0.4, -0.2) is 24.6 Å². The minimum absolute atomic E-state index is 0.0213. The number of ketones is 2. The first kappa shape index (κ1) is 12.9. The van der Waals surface area contributed by atoms with Crippen LogP contribution in [0.25, 0.3) is 0 Å². The van der Waals surface area contributed by atoms with Crippen LogP contribution in [0.5, 0.6) is 0 Å². The van der Waals surface area contributed by atoms with Crippen LogP contribution in [0.3, 0.4) is 0 Å². The largest absolute Gasteiger partial charge is 0.468 e. The fourth-order valence-electron chi connectivity index (χ4n) is 2.28. The van der Waals surface area contributed by atoms with E-state index in [-0.39, 0.29) is 17.5 Å². The van der Waals surface area contributed by atoms with Crippen LogP contribution in [0.4, 0.5) is 0 Å². The molecule has 3 atom stereocenters. The fourth-order valence-corrected chi connectivity index (χ4v) is 2.28. The second-order valence-corrected chi connectivity index (χ2v) is 4.32. The van der Waals surface area contributed by atoms with Crippen LogP contribution in [0, 0.1) is 17.8 Å². The van der Waals surface area contributed by atoms with E-state index in [9.17, 15) is 14.4 Å². The Morgan fingerprint density at radius 1 is 1.38 bits per heavy atom. The molecule has 1 saturated carbocycles. The maximum Gasteiger partial charge on any atom is 0.316 e. The number of carbonyl (C=O) groups excluding carboxylic acids is 3. The molecule has 0 aromatic carbocycles. The highest BCUT2D eigenvalue weighted by Gasteiger charge is 2.43. The topological polar surface area (TPSA) is 60.4 Å². The molecule has 3 unspecified atom stereocenters. The van der Waals surface area contributed by atoms with Gasteiger partial charge in [-0.3, -0.25) is 14.4 Å². The van der Waals surface area contributed by atoms with Gasteiger partial charge in [-0.25, -0.2) is 0 Å². The zero-order valence-electron chi connectivity index (χ0n) is 9.99. The van der Waals surface area contributed by atoms with E-state index in [2.05, 4.69) is 4.74 Å². The summed E-state index contributed by atoms with van der Waals surface area (Å²) >= 11 is 0. The second kappa shape index (κ2) is 5.23. The Bertz CT molecular complexity index is 308. The molecule has 1 fully saturated rings. The summed E-state index contributed by atoms with van der Waals surface area (Å²) in [6.07, 6.45) is 1.94. The highest BCUT2D eigenvalue weighted by atomic mass is 16.5. The van der Waals surface area contributed by atoms with E-state index in [0.717, 1.165) is 12.8 Å². The van der Waals surface area contributed by atoms with E-state index in [0.29, 0.717) is 6.42 Å². The predicted molar refractivity (Wildman–Crippen MR) is 57.7 cm³/mol. The monoisotopic (exact) mass is 226 g/mol. The predicted octanol–water partition coefficient (Wildman–Crippen LogP) is 1.37. The Morgan fingerprint density at radius 3 is 2.50 bits per heavy atom. The molecule has 0 aromatic heterocycles. The number of hydrogen-bond acceptors (Lipinski definition) is 4. The molecule has 0 heterocycles. The van der Waals surface area contributed by atoms with Crippen molar-refractivity contribution in [2.75, 3.05) is 7.11 Å². The quantitative estimate of drug-likeness (QED) is 0.538. The van der Waals surface area contributed by atoms with E-state index in [1.54, 1.807) is 6.92 Å². The number of ether oxygens (including phenoxy) is 1. The lowest BCUT2D eigenvalue weighted by molar-refractivity contribution is -0.155. The molecule has 1 aliphatic carbocycles. The number of rotatable bonds is 3. The molecule has 0 amide bonds. The molecule has 1 aliphatic rings. The van der Waals surface area contributed by atoms with Gasteiger partial charge >= 0.3 is 5.97 Å². The van der Waals surface area contributed by atoms with Gasteiger partial charge in [-0.15, -0.1) is 0 Å². The van der Waals surface area contributed by atoms with Crippen molar-refractivity contribution < 1.29 is 19.1 Å². The zero-order valence-corrected chi connectivity index (χ0v) is 9.99. The molecule has 4 heteroatoms. The van der Waals surface area contributed by atoms with Crippen molar-refractivity contribution in [3.8, 4) is 0 Å². The van der Waals surface area contributed by atoms with Gasteiger partial charge in [0.1, 0.15) is 11.7 Å². The molecule has 0 saturated heterocycles. The summed E-state index contributed by atoms with van der Waals surface area (Å²) in [5, 5.41) is 0. The number of esters is 1. The molecule has 90 valence electrons. The van der Waals surface area contributed by atoms with Gasteiger partial charge in [0.05, 0.1) is 13.0 Å². The number of hydrogen-bond donors (Lipinski definition) is 0. The van der Waals surface area contributed by atoms with E-state index in [4.69, 9.17) is 0 Å². The Kier molecular flexibility index (Phi) is 4.21. The van der Waals surface area contributed by atoms with Crippen LogP contribution < -0.4 is 0 Å². The Morgan fingerprint density at radius 2 is 2.00 bits per heavy atom. The minimum atomic E-state index is -0.741. The summed E-state index contributed by atoms with van der Waals surface area (Å²) in [6.45, 7) is 3.57. The van der Waals surface area contributed by atoms with Gasteiger partial charge in [0.25, 0.3) is 0 Å². The molecule has 16 heavy (non-hydrogen) atoms. The first-order chi connectivity index (χ1) is 7.52. The van der Waals surface area contributed by atoms with Crippen LogP contribution in [-0.2, 0) is 19.1 Å². The van der Waals surface area contributed by atoms with Gasteiger partial charge in [0, 0.05) is 5.92 Å². The number of Topliss-reactive ketones (excluding diaryl/α,β-unsaturated/α-hetero) is 2. The van der Waals surface area contributed by atoms with E-state index in [1.807, 2.05) is 6.92 Å². The molecule has 0 N–H and O–H groups in total. The van der Waals surface area contributed by atoms with Gasteiger partial charge < -0.3 is 4.74 Å². The summed E-state index contributed by atoms with van der Waals surface area (Å²) < 4.78 is 4.60. The summed E-state index contributed by atoms with van der Waals surface area (Å²) in [4.78, 5) is 35.0. The maximum absolute atomic E-state index is 11.8. The van der Waals surface area contributed by atoms with Crippen molar-refractivity contribution in [1.29, 1.82) is 0 Å². The Labute approximate surface area is 95.3 Å². The fraction of sp³-hybridized carbons (Fsp3) is 0.750. The number of methoxy groups -OCH3 is 1. The first-order valence-corrected chi connectivity index (χ1v) is 5.68. The highest BCUT2D eigenvalue weighted by Crippen LogP contribution is 2.31. The molecular weight excluding hydrogens is 208 g/mol. The standard InChI is InChI=1S/C12H18O4/c1-4-5-8-6-9(12(15)16-3)11(14)7(2)10(8)13/h7-9H,4-6H2,1-3H3. The van der Waals surface area contributed by atoms with Gasteiger partial charge in [0.2, 0.25) is 0 Å². The molecule has 0 aliphatic heterocycles. The molecule has 0 spiro atoms. The van der Waals surface area contributed by atoms with Crippen molar-refractivity contribution in [2.24, 2.45) is 17.8 Å². The number of carbonyl (C=O) groups is 3.